The van der Waals surface area contributed by atoms with Gasteiger partial charge in [0.1, 0.15) is 17.1 Å². The van der Waals surface area contributed by atoms with Gasteiger partial charge in [-0.2, -0.15) is 0 Å². The molecule has 0 saturated heterocycles. The monoisotopic (exact) mass is 249 g/mol. The van der Waals surface area contributed by atoms with Crippen molar-refractivity contribution >= 4 is 6.29 Å². The molecule has 2 rings (SSSR count). The fraction of sp³-hybridized carbons (Fsp3) is 0.250. The lowest BCUT2D eigenvalue weighted by Crippen LogP contribution is -2.32. The number of nitrogens with zero attached hydrogens (tertiary/aromatic N) is 3. The highest BCUT2D eigenvalue weighted by molar-refractivity contribution is 5.61. The maximum Gasteiger partial charge on any atom is 0.153 e. The van der Waals surface area contributed by atoms with E-state index in [0.29, 0.717) is 17.5 Å². The number of halogens is 1. The second-order valence-corrected chi connectivity index (χ2v) is 4.28. The van der Waals surface area contributed by atoms with E-state index in [2.05, 4.69) is 10.3 Å². The van der Waals surface area contributed by atoms with Gasteiger partial charge in [-0.1, -0.05) is 5.21 Å². The van der Waals surface area contributed by atoms with Gasteiger partial charge >= 0.3 is 0 Å². The van der Waals surface area contributed by atoms with E-state index in [9.17, 15) is 14.3 Å². The quantitative estimate of drug-likeness (QED) is 0.822. The molecule has 0 aliphatic carbocycles. The largest absolute Gasteiger partial charge is 0.381 e. The van der Waals surface area contributed by atoms with Gasteiger partial charge in [0.2, 0.25) is 0 Å². The molecule has 0 fully saturated rings. The summed E-state index contributed by atoms with van der Waals surface area (Å²) in [5.41, 5.74) is -0.210. The number of benzene rings is 1. The summed E-state index contributed by atoms with van der Waals surface area (Å²) in [6.07, 6.45) is 2.04. The number of hydrogen-bond donors (Lipinski definition) is 1. The fourth-order valence-electron chi connectivity index (χ4n) is 1.49. The zero-order valence-electron chi connectivity index (χ0n) is 9.75. The van der Waals surface area contributed by atoms with Crippen molar-refractivity contribution in [2.75, 3.05) is 0 Å². The Labute approximate surface area is 103 Å². The minimum atomic E-state index is -1.48. The van der Waals surface area contributed by atoms with Gasteiger partial charge in [0.15, 0.2) is 6.29 Å². The van der Waals surface area contributed by atoms with Crippen molar-refractivity contribution in [2.24, 2.45) is 0 Å². The summed E-state index contributed by atoms with van der Waals surface area (Å²) in [6, 6.07) is 5.83. The lowest BCUT2D eigenvalue weighted by atomic mass is 10.1. The molecule has 1 atom stereocenters. The first-order valence-electron chi connectivity index (χ1n) is 5.35. The van der Waals surface area contributed by atoms with Gasteiger partial charge in [0.25, 0.3) is 0 Å². The van der Waals surface area contributed by atoms with Crippen molar-refractivity contribution in [3.8, 4) is 11.3 Å². The third kappa shape index (κ3) is 2.78. The predicted octanol–water partition coefficient (Wildman–Crippen LogP) is 1.03. The molecule has 1 aromatic carbocycles. The third-order valence-corrected chi connectivity index (χ3v) is 2.41. The number of hydrogen-bond acceptors (Lipinski definition) is 4. The second-order valence-electron chi connectivity index (χ2n) is 4.28. The summed E-state index contributed by atoms with van der Waals surface area (Å²) < 4.78 is 14.1. The zero-order chi connectivity index (χ0) is 13.2. The van der Waals surface area contributed by atoms with Crippen LogP contribution in [0.5, 0.6) is 0 Å². The molecule has 0 saturated carbocycles. The lowest BCUT2D eigenvalue weighted by molar-refractivity contribution is -0.123. The Morgan fingerprint density at radius 1 is 1.44 bits per heavy atom. The first-order chi connectivity index (χ1) is 8.50. The molecular weight excluding hydrogens is 237 g/mol. The molecule has 1 heterocycles. The fourth-order valence-corrected chi connectivity index (χ4v) is 1.49. The average molecular weight is 249 g/mol. The van der Waals surface area contributed by atoms with E-state index in [-0.39, 0.29) is 12.4 Å². The Bertz CT molecular complexity index is 549. The molecule has 6 heteroatoms. The minimum absolute atomic E-state index is 0.0185. The van der Waals surface area contributed by atoms with Crippen molar-refractivity contribution < 1.29 is 14.3 Å². The van der Waals surface area contributed by atoms with E-state index in [4.69, 9.17) is 0 Å². The number of carbonyl (C=O) groups excluding carboxylic acids is 1. The highest BCUT2D eigenvalue weighted by atomic mass is 19.1. The molecule has 1 aromatic heterocycles. The van der Waals surface area contributed by atoms with Crippen LogP contribution in [0.3, 0.4) is 0 Å². The van der Waals surface area contributed by atoms with Crippen LogP contribution in [0.1, 0.15) is 6.92 Å². The van der Waals surface area contributed by atoms with Crippen LogP contribution in [0.15, 0.2) is 30.5 Å². The first-order valence-corrected chi connectivity index (χ1v) is 5.35. The second kappa shape index (κ2) is 4.66. The Morgan fingerprint density at radius 2 is 2.11 bits per heavy atom. The van der Waals surface area contributed by atoms with Crippen LogP contribution in [0.25, 0.3) is 11.3 Å². The zero-order valence-corrected chi connectivity index (χ0v) is 9.75. The smallest absolute Gasteiger partial charge is 0.153 e. The number of carbonyl (C=O) groups is 1. The topological polar surface area (TPSA) is 68.0 Å². The van der Waals surface area contributed by atoms with Gasteiger partial charge in [0.05, 0.1) is 12.7 Å². The minimum Gasteiger partial charge on any atom is -0.381 e. The molecule has 5 nitrogen and oxygen atoms in total. The van der Waals surface area contributed by atoms with Crippen LogP contribution in [0.2, 0.25) is 0 Å². The van der Waals surface area contributed by atoms with Gasteiger partial charge in [-0.15, -0.1) is 5.10 Å². The van der Waals surface area contributed by atoms with Crippen molar-refractivity contribution in [1.82, 2.24) is 15.0 Å². The third-order valence-electron chi connectivity index (χ3n) is 2.41. The molecule has 0 spiro atoms. The number of aliphatic hydroxyl groups is 1. The number of aldehydes is 1. The van der Waals surface area contributed by atoms with E-state index in [1.807, 2.05) is 0 Å². The Morgan fingerprint density at radius 3 is 2.72 bits per heavy atom. The Kier molecular flexibility index (Phi) is 3.20. The van der Waals surface area contributed by atoms with Crippen LogP contribution in [0.4, 0.5) is 4.39 Å². The molecule has 1 N–H and O–H groups in total. The first kappa shape index (κ1) is 12.4. The van der Waals surface area contributed by atoms with Gasteiger partial charge in [-0.3, -0.25) is 0 Å². The molecule has 0 amide bonds. The van der Waals surface area contributed by atoms with Gasteiger partial charge in [0, 0.05) is 5.56 Å². The SMILES string of the molecule is CC(O)(C=O)Cn1cc(-c2ccc(F)cc2)nn1. The standard InChI is InChI=1S/C12H12FN3O2/c1-12(18,8-17)7-16-6-11(14-15-16)9-2-4-10(13)5-3-9/h2-6,8,18H,7H2,1H3. The van der Waals surface area contributed by atoms with Crippen LogP contribution < -0.4 is 0 Å². The molecule has 2 aromatic rings. The summed E-state index contributed by atoms with van der Waals surface area (Å²) >= 11 is 0. The van der Waals surface area contributed by atoms with E-state index in [0.717, 1.165) is 0 Å². The number of aromatic nitrogens is 3. The van der Waals surface area contributed by atoms with Gasteiger partial charge < -0.3 is 9.90 Å². The normalized spacial score (nSPS) is 14.2. The molecule has 0 aliphatic rings. The maximum absolute atomic E-state index is 12.8. The van der Waals surface area contributed by atoms with Crippen LogP contribution in [0, 0.1) is 5.82 Å². The van der Waals surface area contributed by atoms with E-state index < -0.39 is 5.60 Å². The molecule has 0 bridgehead atoms. The van der Waals surface area contributed by atoms with Gasteiger partial charge in [-0.05, 0) is 31.2 Å². The van der Waals surface area contributed by atoms with Gasteiger partial charge in [-0.25, -0.2) is 9.07 Å². The van der Waals surface area contributed by atoms with Crippen LogP contribution >= 0.6 is 0 Å². The molecular formula is C12H12FN3O2. The summed E-state index contributed by atoms with van der Waals surface area (Å²) in [5, 5.41) is 17.3. The molecule has 0 aliphatic heterocycles. The van der Waals surface area contributed by atoms with E-state index >= 15 is 0 Å². The van der Waals surface area contributed by atoms with Crippen LogP contribution in [-0.2, 0) is 11.3 Å². The molecule has 0 radical (unpaired) electrons. The molecule has 1 unspecified atom stereocenters. The summed E-state index contributed by atoms with van der Waals surface area (Å²) in [7, 11) is 0. The van der Waals surface area contributed by atoms with Crippen molar-refractivity contribution in [2.45, 2.75) is 19.1 Å². The predicted molar refractivity (Wildman–Crippen MR) is 62.1 cm³/mol. The lowest BCUT2D eigenvalue weighted by Gasteiger charge is -2.14. The highest BCUT2D eigenvalue weighted by Gasteiger charge is 2.20. The Balaban J connectivity index is 2.20. The van der Waals surface area contributed by atoms with E-state index in [1.54, 1.807) is 18.3 Å². The Hall–Kier alpha value is -2.08. The number of rotatable bonds is 4. The molecule has 94 valence electrons. The van der Waals surface area contributed by atoms with E-state index in [1.165, 1.54) is 23.7 Å². The maximum atomic E-state index is 12.8. The van der Waals surface area contributed by atoms with Crippen molar-refractivity contribution in [1.29, 1.82) is 0 Å². The average Bonchev–Trinajstić information content (AvgIpc) is 2.78. The molecule has 18 heavy (non-hydrogen) atoms. The van der Waals surface area contributed by atoms with Crippen LogP contribution in [-0.4, -0.2) is 32.0 Å². The summed E-state index contributed by atoms with van der Waals surface area (Å²) in [4.78, 5) is 10.6. The van der Waals surface area contributed by atoms with Crippen molar-refractivity contribution in [3.63, 3.8) is 0 Å². The van der Waals surface area contributed by atoms with Crippen molar-refractivity contribution in [3.05, 3.63) is 36.3 Å². The summed E-state index contributed by atoms with van der Waals surface area (Å²) in [5.74, 6) is -0.324. The highest BCUT2D eigenvalue weighted by Crippen LogP contribution is 2.16. The summed E-state index contributed by atoms with van der Waals surface area (Å²) in [6.45, 7) is 1.41.